The summed E-state index contributed by atoms with van der Waals surface area (Å²) in [5.41, 5.74) is 4.79. The van der Waals surface area contributed by atoms with E-state index in [1.165, 1.54) is 32.9 Å². The normalized spacial score (nSPS) is 18.2. The van der Waals surface area contributed by atoms with Crippen LogP contribution < -0.4 is 14.9 Å². The molecule has 4 nitrogen and oxygen atoms in total. The van der Waals surface area contributed by atoms with Crippen molar-refractivity contribution in [3.8, 4) is 0 Å². The second kappa shape index (κ2) is 6.54. The van der Waals surface area contributed by atoms with Crippen LogP contribution in [0.5, 0.6) is 0 Å². The first-order chi connectivity index (χ1) is 14.3. The van der Waals surface area contributed by atoms with Gasteiger partial charge in [-0.25, -0.2) is 4.99 Å². The van der Waals surface area contributed by atoms with Gasteiger partial charge in [-0.1, -0.05) is 41.7 Å². The summed E-state index contributed by atoms with van der Waals surface area (Å²) in [6, 6.07) is 16.2. The van der Waals surface area contributed by atoms with Gasteiger partial charge in [0, 0.05) is 16.5 Å². The smallest absolute Gasteiger partial charge is 0.271 e. The van der Waals surface area contributed by atoms with E-state index >= 15 is 0 Å². The van der Waals surface area contributed by atoms with E-state index in [4.69, 9.17) is 9.41 Å². The maximum atomic E-state index is 13.4. The number of furan rings is 1. The zero-order chi connectivity index (χ0) is 19.4. The third kappa shape index (κ3) is 2.63. The summed E-state index contributed by atoms with van der Waals surface area (Å²) in [4.78, 5) is 20.3. The van der Waals surface area contributed by atoms with Crippen LogP contribution in [0, 0.1) is 0 Å². The lowest BCUT2D eigenvalue weighted by Crippen LogP contribution is -2.38. The average molecular weight is 417 g/mol. The van der Waals surface area contributed by atoms with Crippen LogP contribution in [0.4, 0.5) is 0 Å². The second-order valence-corrected chi connectivity index (χ2v) is 9.13. The minimum atomic E-state index is -0.0895. The zero-order valence-electron chi connectivity index (χ0n) is 15.4. The summed E-state index contributed by atoms with van der Waals surface area (Å²) in [5.74, 6) is 0.678. The molecule has 0 amide bonds. The van der Waals surface area contributed by atoms with E-state index in [1.807, 2.05) is 22.8 Å². The van der Waals surface area contributed by atoms with Crippen molar-refractivity contribution in [3.63, 3.8) is 0 Å². The number of aryl methyl sites for hydroxylation is 1. The number of hydrogen-bond acceptors (Lipinski definition) is 5. The highest BCUT2D eigenvalue weighted by atomic mass is 32.1. The minimum Gasteiger partial charge on any atom is -0.465 e. The number of hydrogen-bond donors (Lipinski definition) is 0. The van der Waals surface area contributed by atoms with Gasteiger partial charge in [-0.05, 0) is 47.6 Å². The molecule has 0 unspecified atom stereocenters. The van der Waals surface area contributed by atoms with Gasteiger partial charge in [0.1, 0.15) is 5.76 Å². The Hall–Kier alpha value is -2.96. The SMILES string of the molecule is O=c1/c(=C\c2ccco2)sc2n1[C@@H](c1cccs1)C1=C(N=2)c2ccccc2CC1. The molecule has 1 aromatic carbocycles. The minimum absolute atomic E-state index is 0.00559. The fraction of sp³-hybridized carbons (Fsp3) is 0.130. The van der Waals surface area contributed by atoms with E-state index in [9.17, 15) is 4.79 Å². The van der Waals surface area contributed by atoms with Crippen molar-refractivity contribution in [1.29, 1.82) is 0 Å². The van der Waals surface area contributed by atoms with Crippen LogP contribution in [-0.2, 0) is 6.42 Å². The number of nitrogens with zero attached hydrogens (tertiary/aromatic N) is 2. The molecule has 0 saturated heterocycles. The Labute approximate surface area is 174 Å². The largest absolute Gasteiger partial charge is 0.465 e. The van der Waals surface area contributed by atoms with Crippen molar-refractivity contribution in [2.24, 2.45) is 4.99 Å². The zero-order valence-corrected chi connectivity index (χ0v) is 17.0. The second-order valence-electron chi connectivity index (χ2n) is 7.14. The molecule has 4 heterocycles. The molecule has 0 radical (unpaired) electrons. The summed E-state index contributed by atoms with van der Waals surface area (Å²) in [7, 11) is 0. The molecule has 6 rings (SSSR count). The molecule has 3 aromatic heterocycles. The van der Waals surface area contributed by atoms with Gasteiger partial charge in [0.05, 0.1) is 22.5 Å². The first-order valence-corrected chi connectivity index (χ1v) is 11.2. The van der Waals surface area contributed by atoms with E-state index in [2.05, 4.69) is 41.8 Å². The van der Waals surface area contributed by atoms with Crippen molar-refractivity contribution >= 4 is 34.4 Å². The molecule has 6 heteroatoms. The Bertz CT molecular complexity index is 1420. The van der Waals surface area contributed by atoms with Crippen molar-refractivity contribution < 1.29 is 4.42 Å². The standard InChI is InChI=1S/C23H16N2O2S2/c26-22-19(13-15-6-3-11-27-15)29-23-24-20-16-7-2-1-5-14(16)9-10-17(20)21(25(22)23)18-8-4-12-28-18/h1-8,11-13,21H,9-10H2/b19-13+/t21-/m1/s1. The molecular formula is C23H16N2O2S2. The summed E-state index contributed by atoms with van der Waals surface area (Å²) < 4.78 is 7.95. The van der Waals surface area contributed by atoms with E-state index in [1.54, 1.807) is 17.6 Å². The van der Waals surface area contributed by atoms with Crippen LogP contribution in [0.1, 0.15) is 34.2 Å². The lowest BCUT2D eigenvalue weighted by Gasteiger charge is -2.30. The molecule has 2 aliphatic rings. The first kappa shape index (κ1) is 16.9. The summed E-state index contributed by atoms with van der Waals surface area (Å²) >= 11 is 3.12. The number of aromatic nitrogens is 1. The highest BCUT2D eigenvalue weighted by molar-refractivity contribution is 7.10. The summed E-state index contributed by atoms with van der Waals surface area (Å²) in [6.45, 7) is 0. The lowest BCUT2D eigenvalue weighted by molar-refractivity contribution is 0.556. The summed E-state index contributed by atoms with van der Waals surface area (Å²) in [5, 5.41) is 2.07. The van der Waals surface area contributed by atoms with E-state index in [-0.39, 0.29) is 11.6 Å². The van der Waals surface area contributed by atoms with E-state index < -0.39 is 0 Å². The van der Waals surface area contributed by atoms with Gasteiger partial charge in [-0.15, -0.1) is 11.3 Å². The van der Waals surface area contributed by atoms with Crippen LogP contribution in [-0.4, -0.2) is 4.57 Å². The molecule has 0 spiro atoms. The molecule has 4 aromatic rings. The van der Waals surface area contributed by atoms with Gasteiger partial charge >= 0.3 is 0 Å². The Morgan fingerprint density at radius 2 is 2.03 bits per heavy atom. The van der Waals surface area contributed by atoms with Crippen LogP contribution in [0.2, 0.25) is 0 Å². The fourth-order valence-corrected chi connectivity index (χ4v) is 6.05. The van der Waals surface area contributed by atoms with Gasteiger partial charge in [-0.3, -0.25) is 9.36 Å². The predicted molar refractivity (Wildman–Crippen MR) is 116 cm³/mol. The average Bonchev–Trinajstić information content (AvgIpc) is 3.50. The van der Waals surface area contributed by atoms with Crippen LogP contribution in [0.15, 0.2) is 80.0 Å². The number of rotatable bonds is 2. The molecule has 0 fully saturated rings. The van der Waals surface area contributed by atoms with Crippen LogP contribution in [0.3, 0.4) is 0 Å². The highest BCUT2D eigenvalue weighted by Gasteiger charge is 2.32. The number of thiazole rings is 1. The lowest BCUT2D eigenvalue weighted by atomic mass is 9.85. The third-order valence-corrected chi connectivity index (χ3v) is 7.41. The van der Waals surface area contributed by atoms with Crippen LogP contribution >= 0.6 is 22.7 Å². The van der Waals surface area contributed by atoms with Gasteiger partial charge in [0.25, 0.3) is 5.56 Å². The van der Waals surface area contributed by atoms with E-state index in [0.29, 0.717) is 10.3 Å². The van der Waals surface area contributed by atoms with Crippen molar-refractivity contribution in [2.75, 3.05) is 0 Å². The molecule has 0 N–H and O–H groups in total. The van der Waals surface area contributed by atoms with Crippen molar-refractivity contribution in [1.82, 2.24) is 4.57 Å². The Morgan fingerprint density at radius 3 is 2.86 bits per heavy atom. The molecule has 1 aliphatic carbocycles. The third-order valence-electron chi connectivity index (χ3n) is 5.50. The Balaban J connectivity index is 1.66. The molecule has 1 aliphatic heterocycles. The molecule has 0 bridgehead atoms. The monoisotopic (exact) mass is 416 g/mol. The summed E-state index contributed by atoms with van der Waals surface area (Å²) in [6.07, 6.45) is 5.32. The topological polar surface area (TPSA) is 47.5 Å². The maximum absolute atomic E-state index is 13.4. The van der Waals surface area contributed by atoms with Gasteiger partial charge in [-0.2, -0.15) is 0 Å². The highest BCUT2D eigenvalue weighted by Crippen LogP contribution is 2.42. The predicted octanol–water partition coefficient (Wildman–Crippen LogP) is 3.97. The fourth-order valence-electron chi connectivity index (χ4n) is 4.22. The number of fused-ring (bicyclic) bond motifs is 3. The Kier molecular flexibility index (Phi) is 3.82. The Morgan fingerprint density at radius 1 is 1.10 bits per heavy atom. The molecule has 0 saturated carbocycles. The molecule has 142 valence electrons. The van der Waals surface area contributed by atoms with Gasteiger partial charge in [0.2, 0.25) is 0 Å². The number of benzene rings is 1. The molecular weight excluding hydrogens is 400 g/mol. The van der Waals surface area contributed by atoms with Crippen molar-refractivity contribution in [3.05, 3.63) is 107 Å². The first-order valence-electron chi connectivity index (χ1n) is 9.49. The van der Waals surface area contributed by atoms with Gasteiger partial charge in [0.15, 0.2) is 4.80 Å². The molecule has 29 heavy (non-hydrogen) atoms. The molecule has 1 atom stereocenters. The van der Waals surface area contributed by atoms with Gasteiger partial charge < -0.3 is 4.42 Å². The van der Waals surface area contributed by atoms with Crippen molar-refractivity contribution in [2.45, 2.75) is 18.9 Å². The maximum Gasteiger partial charge on any atom is 0.271 e. The quantitative estimate of drug-likeness (QED) is 0.496. The van der Waals surface area contributed by atoms with Crippen LogP contribution in [0.25, 0.3) is 11.8 Å². The number of thiophene rings is 1. The number of allylic oxidation sites excluding steroid dienone is 1. The van der Waals surface area contributed by atoms with E-state index in [0.717, 1.165) is 23.3 Å².